The first-order chi connectivity index (χ1) is 4.87. The van der Waals surface area contributed by atoms with E-state index >= 15 is 0 Å². The Morgan fingerprint density at radius 1 is 1.45 bits per heavy atom. The summed E-state index contributed by atoms with van der Waals surface area (Å²) in [5.41, 5.74) is 0. The van der Waals surface area contributed by atoms with Crippen molar-refractivity contribution in [3.63, 3.8) is 0 Å². The van der Waals surface area contributed by atoms with Gasteiger partial charge in [0.2, 0.25) is 5.91 Å². The minimum absolute atomic E-state index is 0.0789. The second kappa shape index (κ2) is 4.82. The fourth-order valence-electron chi connectivity index (χ4n) is 0.662. The lowest BCUT2D eigenvalue weighted by Crippen LogP contribution is -2.35. The zero-order chi connectivity index (χ0) is 9.07. The minimum Gasteiger partial charge on any atom is -0.340 e. The van der Waals surface area contributed by atoms with Gasteiger partial charge >= 0.3 is 0 Å². The molecule has 0 unspecified atom stereocenters. The maximum Gasteiger partial charge on any atom is 0.219 e. The first-order valence-electron chi connectivity index (χ1n) is 3.19. The molecule has 0 heterocycles. The maximum absolute atomic E-state index is 10.9. The van der Waals surface area contributed by atoms with Gasteiger partial charge in [-0.25, -0.2) is 0 Å². The number of carbonyl (C=O) groups is 1. The first kappa shape index (κ1) is 11.9. The number of rotatable bonds is 2. The largest absolute Gasteiger partial charge is 0.340 e. The lowest BCUT2D eigenvalue weighted by atomic mass is 10.5. The second-order valence-electron chi connectivity index (χ2n) is 2.15. The van der Waals surface area contributed by atoms with E-state index in [1.54, 1.807) is 11.8 Å². The quantitative estimate of drug-likeness (QED) is 0.700. The summed E-state index contributed by atoms with van der Waals surface area (Å²) in [6.07, 6.45) is 0. The third kappa shape index (κ3) is 6.11. The van der Waals surface area contributed by atoms with Gasteiger partial charge in [-0.1, -0.05) is 47.8 Å². The third-order valence-corrected chi connectivity index (χ3v) is 1.95. The average Bonchev–Trinajstić information content (AvgIpc) is 1.80. The predicted molar refractivity (Wildman–Crippen MR) is 57.4 cm³/mol. The molecule has 0 radical (unpaired) electrons. The van der Waals surface area contributed by atoms with E-state index in [0.717, 1.165) is 6.54 Å². The molecule has 0 atom stereocenters. The average molecular weight is 352 g/mol. The number of nitrogens with zero attached hydrogens (tertiary/aromatic N) is 1. The molecular weight excluding hydrogens is 342 g/mol. The van der Waals surface area contributed by atoms with Gasteiger partial charge in [-0.05, 0) is 6.92 Å². The molecule has 11 heavy (non-hydrogen) atoms. The van der Waals surface area contributed by atoms with Gasteiger partial charge in [-0.15, -0.1) is 0 Å². The van der Waals surface area contributed by atoms with Crippen LogP contribution < -0.4 is 0 Å². The molecule has 0 N–H and O–H groups in total. The number of alkyl halides is 3. The molecule has 1 amide bonds. The molecule has 66 valence electrons. The Kier molecular flexibility index (Phi) is 5.22. The van der Waals surface area contributed by atoms with E-state index in [0.29, 0.717) is 6.54 Å². The van der Waals surface area contributed by atoms with Crippen LogP contribution in [0.25, 0.3) is 0 Å². The topological polar surface area (TPSA) is 20.3 Å². The summed E-state index contributed by atoms with van der Waals surface area (Å²) < 4.78 is -0.353. The van der Waals surface area contributed by atoms with E-state index < -0.39 is 0 Å². The highest BCUT2D eigenvalue weighted by atomic mass is 80.0. The summed E-state index contributed by atoms with van der Waals surface area (Å²) in [4.78, 5) is 12.6. The predicted octanol–water partition coefficient (Wildman–Crippen LogP) is 2.69. The molecule has 0 aromatic carbocycles. The Morgan fingerprint density at radius 3 is 2.00 bits per heavy atom. The number of carbonyl (C=O) groups excluding carboxylic acids is 1. The molecule has 2 nitrogen and oxygen atoms in total. The lowest BCUT2D eigenvalue weighted by molar-refractivity contribution is -0.128. The van der Waals surface area contributed by atoms with Gasteiger partial charge in [-0.2, -0.15) is 0 Å². The van der Waals surface area contributed by atoms with Gasteiger partial charge in [-0.3, -0.25) is 4.79 Å². The van der Waals surface area contributed by atoms with Crippen molar-refractivity contribution in [3.05, 3.63) is 0 Å². The van der Waals surface area contributed by atoms with Crippen LogP contribution in [0.5, 0.6) is 0 Å². The highest BCUT2D eigenvalue weighted by Crippen LogP contribution is 2.34. The molecule has 0 aromatic heterocycles. The molecule has 0 aliphatic heterocycles. The van der Waals surface area contributed by atoms with Gasteiger partial charge in [0.05, 0.1) is 6.54 Å². The molecule has 0 saturated carbocycles. The van der Waals surface area contributed by atoms with Crippen LogP contribution in [-0.2, 0) is 4.79 Å². The van der Waals surface area contributed by atoms with E-state index in [1.807, 2.05) is 6.92 Å². The Morgan fingerprint density at radius 2 is 1.91 bits per heavy atom. The smallest absolute Gasteiger partial charge is 0.219 e. The molecule has 5 heteroatoms. The number of amides is 1. The molecule has 0 rings (SSSR count). The molecule has 0 aliphatic carbocycles. The van der Waals surface area contributed by atoms with Gasteiger partial charge < -0.3 is 4.90 Å². The maximum atomic E-state index is 10.9. The van der Waals surface area contributed by atoms with Crippen molar-refractivity contribution in [1.29, 1.82) is 0 Å². The van der Waals surface area contributed by atoms with Crippen molar-refractivity contribution < 1.29 is 4.79 Å². The molecule has 0 aromatic rings. The van der Waals surface area contributed by atoms with E-state index in [4.69, 9.17) is 0 Å². The van der Waals surface area contributed by atoms with Crippen molar-refractivity contribution in [2.75, 3.05) is 13.1 Å². The highest BCUT2D eigenvalue weighted by Gasteiger charge is 2.22. The van der Waals surface area contributed by atoms with Crippen LogP contribution in [0.1, 0.15) is 13.8 Å². The summed E-state index contributed by atoms with van der Waals surface area (Å²) >= 11 is 9.98. The summed E-state index contributed by atoms with van der Waals surface area (Å²) in [7, 11) is 0. The first-order valence-corrected chi connectivity index (χ1v) is 5.57. The molecule has 0 aliphatic rings. The third-order valence-electron chi connectivity index (χ3n) is 1.20. The molecular formula is C6H10Br3NO. The van der Waals surface area contributed by atoms with E-state index in [9.17, 15) is 4.79 Å². The minimum atomic E-state index is -0.353. The Labute approximate surface area is 92.1 Å². The van der Waals surface area contributed by atoms with Gasteiger partial charge in [0.15, 0.2) is 2.14 Å². The van der Waals surface area contributed by atoms with Crippen LogP contribution in [0.15, 0.2) is 0 Å². The Hall–Kier alpha value is 0.910. The van der Waals surface area contributed by atoms with Crippen molar-refractivity contribution in [3.8, 4) is 0 Å². The van der Waals surface area contributed by atoms with E-state index in [1.165, 1.54) is 0 Å². The zero-order valence-corrected chi connectivity index (χ0v) is 11.2. The highest BCUT2D eigenvalue weighted by molar-refractivity contribution is 9.39. The summed E-state index contributed by atoms with van der Waals surface area (Å²) in [5.74, 6) is 0.0789. The molecule has 0 fully saturated rings. The SMILES string of the molecule is CCN(CC(Br)(Br)Br)C(C)=O. The van der Waals surface area contributed by atoms with Crippen molar-refractivity contribution >= 4 is 53.7 Å². The normalized spacial score (nSPS) is 11.4. The zero-order valence-electron chi connectivity index (χ0n) is 6.40. The van der Waals surface area contributed by atoms with Crippen LogP contribution in [-0.4, -0.2) is 26.0 Å². The number of hydrogen-bond acceptors (Lipinski definition) is 1. The summed E-state index contributed by atoms with van der Waals surface area (Å²) in [6.45, 7) is 4.82. The van der Waals surface area contributed by atoms with Crippen LogP contribution in [0.2, 0.25) is 0 Å². The fourth-order valence-corrected chi connectivity index (χ4v) is 1.57. The van der Waals surface area contributed by atoms with Crippen LogP contribution in [0.3, 0.4) is 0 Å². The van der Waals surface area contributed by atoms with Gasteiger partial charge in [0.1, 0.15) is 0 Å². The lowest BCUT2D eigenvalue weighted by Gasteiger charge is -2.23. The van der Waals surface area contributed by atoms with Crippen molar-refractivity contribution in [2.45, 2.75) is 16.0 Å². The Balaban J connectivity index is 3.99. The number of halogens is 3. The number of hydrogen-bond donors (Lipinski definition) is 0. The van der Waals surface area contributed by atoms with Gasteiger partial charge in [0.25, 0.3) is 0 Å². The van der Waals surface area contributed by atoms with Crippen LogP contribution in [0.4, 0.5) is 0 Å². The molecule has 0 spiro atoms. The molecule has 0 saturated heterocycles. The van der Waals surface area contributed by atoms with E-state index in [-0.39, 0.29) is 8.05 Å². The van der Waals surface area contributed by atoms with Crippen LogP contribution >= 0.6 is 47.8 Å². The van der Waals surface area contributed by atoms with Crippen molar-refractivity contribution in [1.82, 2.24) is 4.90 Å². The standard InChI is InChI=1S/C6H10Br3NO/c1-3-10(5(2)11)4-6(7,8)9/h3-4H2,1-2H3. The fraction of sp³-hybridized carbons (Fsp3) is 0.833. The van der Waals surface area contributed by atoms with E-state index in [2.05, 4.69) is 47.8 Å². The van der Waals surface area contributed by atoms with Crippen molar-refractivity contribution in [2.24, 2.45) is 0 Å². The molecule has 0 bridgehead atoms. The second-order valence-corrected chi connectivity index (χ2v) is 9.40. The van der Waals surface area contributed by atoms with Crippen LogP contribution in [0, 0.1) is 0 Å². The summed E-state index contributed by atoms with van der Waals surface area (Å²) in [5, 5.41) is 0. The summed E-state index contributed by atoms with van der Waals surface area (Å²) in [6, 6.07) is 0. The monoisotopic (exact) mass is 349 g/mol. The van der Waals surface area contributed by atoms with Gasteiger partial charge in [0, 0.05) is 13.5 Å². The Bertz CT molecular complexity index is 143.